The van der Waals surface area contributed by atoms with Crippen LogP contribution in [0.2, 0.25) is 0 Å². The predicted octanol–water partition coefficient (Wildman–Crippen LogP) is -0.197. The molecule has 2 heterocycles. The van der Waals surface area contributed by atoms with Crippen LogP contribution in [0.15, 0.2) is 4.42 Å². The molecule has 1 atom stereocenters. The number of morpholine rings is 1. The zero-order valence-electron chi connectivity index (χ0n) is 10.1. The highest BCUT2D eigenvalue weighted by molar-refractivity contribution is 5.87. The van der Waals surface area contributed by atoms with Gasteiger partial charge in [-0.15, -0.1) is 10.2 Å². The first-order chi connectivity index (χ1) is 8.58. The predicted molar refractivity (Wildman–Crippen MR) is 58.5 cm³/mol. The Morgan fingerprint density at radius 3 is 2.89 bits per heavy atom. The minimum atomic E-state index is -1.13. The van der Waals surface area contributed by atoms with E-state index >= 15 is 0 Å². The molecule has 0 aromatic carbocycles. The molecule has 0 bridgehead atoms. The lowest BCUT2D eigenvalue weighted by Crippen LogP contribution is -2.47. The summed E-state index contributed by atoms with van der Waals surface area (Å²) in [6.45, 7) is 2.95. The average molecular weight is 253 g/mol. The van der Waals surface area contributed by atoms with E-state index in [4.69, 9.17) is 9.15 Å². The molecule has 1 aliphatic carbocycles. The summed E-state index contributed by atoms with van der Waals surface area (Å²) in [4.78, 5) is 13.6. The Bertz CT molecular complexity index is 469. The van der Waals surface area contributed by atoms with E-state index in [9.17, 15) is 9.90 Å². The molecule has 1 aliphatic heterocycles. The molecule has 0 radical (unpaired) electrons. The van der Waals surface area contributed by atoms with Crippen LogP contribution >= 0.6 is 0 Å². The molecule has 1 aromatic rings. The van der Waals surface area contributed by atoms with Crippen LogP contribution in [0.1, 0.15) is 30.7 Å². The van der Waals surface area contributed by atoms with E-state index in [1.54, 1.807) is 11.8 Å². The summed E-state index contributed by atoms with van der Waals surface area (Å²) in [5, 5.41) is 17.5. The third-order valence-electron chi connectivity index (χ3n) is 3.29. The first-order valence-corrected chi connectivity index (χ1v) is 6.02. The van der Waals surface area contributed by atoms with Crippen molar-refractivity contribution in [2.45, 2.75) is 31.5 Å². The summed E-state index contributed by atoms with van der Waals surface area (Å²) in [6.07, 6.45) is 0.701. The average Bonchev–Trinajstić information content (AvgIpc) is 2.98. The quantitative estimate of drug-likeness (QED) is 0.785. The number of aromatic nitrogens is 2. The zero-order chi connectivity index (χ0) is 12.8. The second-order valence-electron chi connectivity index (χ2n) is 4.80. The van der Waals surface area contributed by atoms with Crippen LogP contribution in [-0.4, -0.2) is 51.4 Å². The van der Waals surface area contributed by atoms with Crippen molar-refractivity contribution in [3.05, 3.63) is 11.8 Å². The van der Waals surface area contributed by atoms with Crippen molar-refractivity contribution in [2.75, 3.05) is 19.7 Å². The Morgan fingerprint density at radius 2 is 2.28 bits per heavy atom. The standard InChI is InChI=1S/C11H15N3O4/c1-7-12-13-9(18-7)8-6-14(4-5-17-8)10(15)11(16)2-3-11/h8,16H,2-6H2,1H3. The molecule has 0 spiro atoms. The van der Waals surface area contributed by atoms with E-state index in [-0.39, 0.29) is 5.91 Å². The van der Waals surface area contributed by atoms with E-state index < -0.39 is 11.7 Å². The van der Waals surface area contributed by atoms with Crippen LogP contribution in [0.4, 0.5) is 0 Å². The minimum absolute atomic E-state index is 0.216. The number of aryl methyl sites for hydroxylation is 1. The maximum atomic E-state index is 12.0. The van der Waals surface area contributed by atoms with E-state index in [0.29, 0.717) is 44.3 Å². The highest BCUT2D eigenvalue weighted by Gasteiger charge is 2.51. The highest BCUT2D eigenvalue weighted by atomic mass is 16.5. The van der Waals surface area contributed by atoms with Gasteiger partial charge < -0.3 is 19.2 Å². The van der Waals surface area contributed by atoms with Crippen molar-refractivity contribution in [3.8, 4) is 0 Å². The van der Waals surface area contributed by atoms with Crippen LogP contribution in [-0.2, 0) is 9.53 Å². The van der Waals surface area contributed by atoms with Crippen LogP contribution in [0.3, 0.4) is 0 Å². The first-order valence-electron chi connectivity index (χ1n) is 6.02. The van der Waals surface area contributed by atoms with Crippen molar-refractivity contribution in [3.63, 3.8) is 0 Å². The third kappa shape index (κ3) is 1.99. The largest absolute Gasteiger partial charge is 0.423 e. The van der Waals surface area contributed by atoms with Gasteiger partial charge in [0.05, 0.1) is 13.2 Å². The maximum Gasteiger partial charge on any atom is 0.254 e. The maximum absolute atomic E-state index is 12.0. The monoisotopic (exact) mass is 253 g/mol. The van der Waals surface area contributed by atoms with E-state index in [2.05, 4.69) is 10.2 Å². The lowest BCUT2D eigenvalue weighted by molar-refractivity contribution is -0.151. The number of aliphatic hydroxyl groups is 1. The molecule has 7 heteroatoms. The normalized spacial score (nSPS) is 26.1. The summed E-state index contributed by atoms with van der Waals surface area (Å²) >= 11 is 0. The SMILES string of the molecule is Cc1nnc(C2CN(C(=O)C3(O)CC3)CCO2)o1. The van der Waals surface area contributed by atoms with Crippen molar-refractivity contribution in [1.82, 2.24) is 15.1 Å². The van der Waals surface area contributed by atoms with Gasteiger partial charge in [0, 0.05) is 13.5 Å². The Hall–Kier alpha value is -1.47. The first kappa shape index (κ1) is 11.6. The van der Waals surface area contributed by atoms with Crippen LogP contribution in [0, 0.1) is 6.92 Å². The van der Waals surface area contributed by atoms with Gasteiger partial charge in [0.15, 0.2) is 6.10 Å². The van der Waals surface area contributed by atoms with Gasteiger partial charge in [0.25, 0.3) is 5.91 Å². The number of hydrogen-bond acceptors (Lipinski definition) is 6. The number of hydrogen-bond donors (Lipinski definition) is 1. The van der Waals surface area contributed by atoms with Gasteiger partial charge in [-0.05, 0) is 12.8 Å². The van der Waals surface area contributed by atoms with Gasteiger partial charge in [-0.25, -0.2) is 0 Å². The number of rotatable bonds is 2. The number of nitrogens with zero attached hydrogens (tertiary/aromatic N) is 3. The van der Waals surface area contributed by atoms with Gasteiger partial charge in [0.1, 0.15) is 5.60 Å². The van der Waals surface area contributed by atoms with Gasteiger partial charge >= 0.3 is 0 Å². The van der Waals surface area contributed by atoms with Crippen molar-refractivity contribution in [1.29, 1.82) is 0 Å². The molecule has 98 valence electrons. The van der Waals surface area contributed by atoms with E-state index in [1.807, 2.05) is 0 Å². The molecular weight excluding hydrogens is 238 g/mol. The molecule has 7 nitrogen and oxygen atoms in total. The molecule has 3 rings (SSSR count). The fraction of sp³-hybridized carbons (Fsp3) is 0.727. The molecule has 18 heavy (non-hydrogen) atoms. The fourth-order valence-electron chi connectivity index (χ4n) is 2.05. The number of amides is 1. The summed E-state index contributed by atoms with van der Waals surface area (Å²) in [7, 11) is 0. The Kier molecular flexibility index (Phi) is 2.60. The molecule has 1 unspecified atom stereocenters. The van der Waals surface area contributed by atoms with E-state index in [0.717, 1.165) is 0 Å². The van der Waals surface area contributed by atoms with Crippen LogP contribution in [0.25, 0.3) is 0 Å². The third-order valence-corrected chi connectivity index (χ3v) is 3.29. The second kappa shape index (κ2) is 4.03. The zero-order valence-corrected chi connectivity index (χ0v) is 10.1. The minimum Gasteiger partial charge on any atom is -0.423 e. The summed E-state index contributed by atoms with van der Waals surface area (Å²) < 4.78 is 10.8. The van der Waals surface area contributed by atoms with Gasteiger partial charge in [-0.3, -0.25) is 4.79 Å². The van der Waals surface area contributed by atoms with E-state index in [1.165, 1.54) is 0 Å². The summed E-state index contributed by atoms with van der Waals surface area (Å²) in [6, 6.07) is 0. The Balaban J connectivity index is 1.70. The van der Waals surface area contributed by atoms with Gasteiger partial charge in [0.2, 0.25) is 11.8 Å². The fourth-order valence-corrected chi connectivity index (χ4v) is 2.05. The molecule has 2 aliphatic rings. The highest BCUT2D eigenvalue weighted by Crippen LogP contribution is 2.37. The molecule has 1 amide bonds. The lowest BCUT2D eigenvalue weighted by Gasteiger charge is -2.32. The summed E-state index contributed by atoms with van der Waals surface area (Å²) in [5.41, 5.74) is -1.13. The molecule has 1 saturated heterocycles. The lowest BCUT2D eigenvalue weighted by atomic mass is 10.2. The van der Waals surface area contributed by atoms with Gasteiger partial charge in [-0.2, -0.15) is 0 Å². The molecular formula is C11H15N3O4. The molecule has 2 fully saturated rings. The van der Waals surface area contributed by atoms with Crippen molar-refractivity contribution in [2.24, 2.45) is 0 Å². The Morgan fingerprint density at radius 1 is 1.50 bits per heavy atom. The molecule has 1 N–H and O–H groups in total. The summed E-state index contributed by atoms with van der Waals surface area (Å²) in [5.74, 6) is 0.637. The topological polar surface area (TPSA) is 88.7 Å². The van der Waals surface area contributed by atoms with Gasteiger partial charge in [-0.1, -0.05) is 0 Å². The van der Waals surface area contributed by atoms with Crippen molar-refractivity contribution >= 4 is 5.91 Å². The number of carbonyl (C=O) groups is 1. The molecule has 1 saturated carbocycles. The smallest absolute Gasteiger partial charge is 0.254 e. The number of ether oxygens (including phenoxy) is 1. The molecule has 1 aromatic heterocycles. The second-order valence-corrected chi connectivity index (χ2v) is 4.80. The Labute approximate surface area is 104 Å². The number of carbonyl (C=O) groups excluding carboxylic acids is 1. The van der Waals surface area contributed by atoms with Crippen LogP contribution < -0.4 is 0 Å². The van der Waals surface area contributed by atoms with Crippen LogP contribution in [0.5, 0.6) is 0 Å². The van der Waals surface area contributed by atoms with Crippen molar-refractivity contribution < 1.29 is 19.1 Å².